The molecule has 1 atom stereocenters. The highest BCUT2D eigenvalue weighted by molar-refractivity contribution is 14.1. The Morgan fingerprint density at radius 1 is 1.28 bits per heavy atom. The van der Waals surface area contributed by atoms with Gasteiger partial charge in [0.05, 0.1) is 16.6 Å². The van der Waals surface area contributed by atoms with Gasteiger partial charge in [0.1, 0.15) is 24.0 Å². The van der Waals surface area contributed by atoms with Crippen molar-refractivity contribution in [3.8, 4) is 34.8 Å². The largest absolute Gasteiger partial charge is 0.493 e. The summed E-state index contributed by atoms with van der Waals surface area (Å²) in [6.07, 6.45) is 1.66. The third-order valence-electron chi connectivity index (χ3n) is 4.64. The average Bonchev–Trinajstić information content (AvgIpc) is 3.17. The maximum absolute atomic E-state index is 9.79. The number of hydrogen-bond acceptors (Lipinski definition) is 7. The Labute approximate surface area is 181 Å². The maximum atomic E-state index is 9.79. The zero-order chi connectivity index (χ0) is 20.5. The van der Waals surface area contributed by atoms with Gasteiger partial charge in [-0.3, -0.25) is 0 Å². The van der Waals surface area contributed by atoms with Gasteiger partial charge in [-0.15, -0.1) is 0 Å². The van der Waals surface area contributed by atoms with Crippen molar-refractivity contribution >= 4 is 22.6 Å². The van der Waals surface area contributed by atoms with E-state index in [1.165, 1.54) is 0 Å². The second kappa shape index (κ2) is 7.75. The molecule has 29 heavy (non-hydrogen) atoms. The molecule has 2 aliphatic rings. The third-order valence-corrected chi connectivity index (χ3v) is 5.44. The Morgan fingerprint density at radius 2 is 2.03 bits per heavy atom. The fraction of sp³-hybridized carbons (Fsp3) is 0.190. The van der Waals surface area contributed by atoms with E-state index in [9.17, 15) is 5.26 Å². The molecule has 0 fully saturated rings. The molecule has 0 unspecified atom stereocenters. The molecule has 0 spiro atoms. The maximum Gasteiger partial charge on any atom is 0.231 e. The van der Waals surface area contributed by atoms with E-state index in [4.69, 9.17) is 29.4 Å². The minimum absolute atomic E-state index is 0.0600. The molecule has 0 aliphatic carbocycles. The predicted molar refractivity (Wildman–Crippen MR) is 113 cm³/mol. The van der Waals surface area contributed by atoms with Crippen molar-refractivity contribution in [2.45, 2.75) is 5.92 Å². The molecule has 2 N–H and O–H groups in total. The van der Waals surface area contributed by atoms with E-state index in [0.717, 1.165) is 14.7 Å². The summed E-state index contributed by atoms with van der Waals surface area (Å²) in [5, 5.41) is 9.79. The lowest BCUT2D eigenvalue weighted by Gasteiger charge is -2.27. The summed E-state index contributed by atoms with van der Waals surface area (Å²) in [6, 6.07) is 9.53. The number of fused-ring (bicyclic) bond motifs is 2. The molecule has 0 saturated heterocycles. The van der Waals surface area contributed by atoms with Crippen LogP contribution < -0.4 is 29.4 Å². The Morgan fingerprint density at radius 3 is 2.72 bits per heavy atom. The summed E-state index contributed by atoms with van der Waals surface area (Å²) >= 11 is 2.18. The SMILES string of the molecule is C=CCOc1c(I)cc([C@@H]2C(C#N)=C(N)Oc3cc4c(cc32)OCO4)cc1OC. The average molecular weight is 504 g/mol. The van der Waals surface area contributed by atoms with Gasteiger partial charge in [0, 0.05) is 11.6 Å². The number of halogens is 1. The molecule has 8 heteroatoms. The molecule has 0 radical (unpaired) electrons. The van der Waals surface area contributed by atoms with Gasteiger partial charge in [-0.1, -0.05) is 12.7 Å². The van der Waals surface area contributed by atoms with E-state index in [0.29, 0.717) is 40.9 Å². The quantitative estimate of drug-likeness (QED) is 0.489. The molecule has 2 aromatic carbocycles. The van der Waals surface area contributed by atoms with Crippen LogP contribution in [0.3, 0.4) is 0 Å². The normalized spacial score (nSPS) is 16.5. The molecule has 2 aliphatic heterocycles. The molecule has 0 aromatic heterocycles. The van der Waals surface area contributed by atoms with E-state index < -0.39 is 5.92 Å². The number of nitriles is 1. The van der Waals surface area contributed by atoms with Gasteiger partial charge in [0.2, 0.25) is 12.7 Å². The van der Waals surface area contributed by atoms with E-state index in [1.54, 1.807) is 19.3 Å². The van der Waals surface area contributed by atoms with Crippen molar-refractivity contribution in [2.75, 3.05) is 20.5 Å². The molecule has 4 rings (SSSR count). The van der Waals surface area contributed by atoms with Crippen LogP contribution in [0.15, 0.2) is 48.4 Å². The Kier molecular flexibility index (Phi) is 5.15. The summed E-state index contributed by atoms with van der Waals surface area (Å²) in [6.45, 7) is 4.16. The van der Waals surface area contributed by atoms with Gasteiger partial charge in [-0.05, 0) is 46.4 Å². The predicted octanol–water partition coefficient (Wildman–Crippen LogP) is 3.81. The lowest BCUT2D eigenvalue weighted by atomic mass is 9.83. The number of ether oxygens (including phenoxy) is 5. The summed E-state index contributed by atoms with van der Waals surface area (Å²) in [5.41, 5.74) is 7.97. The van der Waals surface area contributed by atoms with E-state index in [-0.39, 0.29) is 12.7 Å². The molecular formula is C21H17IN2O5. The molecule has 2 heterocycles. The van der Waals surface area contributed by atoms with Crippen LogP contribution in [-0.2, 0) is 0 Å². The van der Waals surface area contributed by atoms with Gasteiger partial charge in [0.25, 0.3) is 0 Å². The summed E-state index contributed by atoms with van der Waals surface area (Å²) < 4.78 is 28.8. The van der Waals surface area contributed by atoms with Crippen LogP contribution in [0.1, 0.15) is 17.0 Å². The first kappa shape index (κ1) is 19.3. The Hall–Kier alpha value is -3.06. The second-order valence-corrected chi connectivity index (χ2v) is 7.46. The topological polar surface area (TPSA) is 96.0 Å². The third kappa shape index (κ3) is 3.31. The van der Waals surface area contributed by atoms with Gasteiger partial charge in [-0.25, -0.2) is 0 Å². The highest BCUT2D eigenvalue weighted by Gasteiger charge is 2.34. The van der Waals surface area contributed by atoms with E-state index >= 15 is 0 Å². The molecule has 148 valence electrons. The van der Waals surface area contributed by atoms with E-state index in [2.05, 4.69) is 35.2 Å². The molecule has 0 bridgehead atoms. The highest BCUT2D eigenvalue weighted by atomic mass is 127. The lowest BCUT2D eigenvalue weighted by molar-refractivity contribution is 0.174. The van der Waals surface area contributed by atoms with Gasteiger partial charge in [0.15, 0.2) is 23.0 Å². The first-order valence-corrected chi connectivity index (χ1v) is 9.77. The van der Waals surface area contributed by atoms with Crippen LogP contribution in [-0.4, -0.2) is 20.5 Å². The molecular weight excluding hydrogens is 487 g/mol. The number of hydrogen-bond donors (Lipinski definition) is 1. The number of benzene rings is 2. The number of rotatable bonds is 5. The highest BCUT2D eigenvalue weighted by Crippen LogP contribution is 2.49. The van der Waals surface area contributed by atoms with Gasteiger partial charge >= 0.3 is 0 Å². The lowest BCUT2D eigenvalue weighted by Crippen LogP contribution is -2.21. The van der Waals surface area contributed by atoms with Crippen molar-refractivity contribution in [1.82, 2.24) is 0 Å². The monoisotopic (exact) mass is 504 g/mol. The Balaban J connectivity index is 1.88. The second-order valence-electron chi connectivity index (χ2n) is 6.30. The molecule has 2 aromatic rings. The van der Waals surface area contributed by atoms with Crippen molar-refractivity contribution in [2.24, 2.45) is 5.73 Å². The first-order valence-electron chi connectivity index (χ1n) is 8.69. The standard InChI is InChI=1S/C21H17IN2O5/c1-3-4-26-20-14(22)5-11(6-18(20)25-2)19-12-7-16-17(28-10-27-16)8-15(12)29-21(24)13(19)9-23/h3,5-8,19H,1,4,10,24H2,2H3/t19-/m0/s1. The summed E-state index contributed by atoms with van der Waals surface area (Å²) in [5.74, 6) is 2.48. The van der Waals surface area contributed by atoms with Crippen LogP contribution >= 0.6 is 22.6 Å². The van der Waals surface area contributed by atoms with Crippen LogP contribution in [0, 0.1) is 14.9 Å². The van der Waals surface area contributed by atoms with Crippen LogP contribution in [0.25, 0.3) is 0 Å². The van der Waals surface area contributed by atoms with Crippen LogP contribution in [0.5, 0.6) is 28.7 Å². The molecule has 7 nitrogen and oxygen atoms in total. The smallest absolute Gasteiger partial charge is 0.231 e. The fourth-order valence-electron chi connectivity index (χ4n) is 3.38. The zero-order valence-electron chi connectivity index (χ0n) is 15.5. The molecule has 0 amide bonds. The van der Waals surface area contributed by atoms with Crippen molar-refractivity contribution in [3.63, 3.8) is 0 Å². The first-order chi connectivity index (χ1) is 14.1. The van der Waals surface area contributed by atoms with Crippen LogP contribution in [0.4, 0.5) is 0 Å². The van der Waals surface area contributed by atoms with Crippen LogP contribution in [0.2, 0.25) is 0 Å². The Bertz CT molecular complexity index is 1070. The summed E-state index contributed by atoms with van der Waals surface area (Å²) in [4.78, 5) is 0. The van der Waals surface area contributed by atoms with E-state index in [1.807, 2.05) is 18.2 Å². The number of allylic oxidation sites excluding steroid dienone is 1. The van der Waals surface area contributed by atoms with Crippen molar-refractivity contribution < 1.29 is 23.7 Å². The van der Waals surface area contributed by atoms with Gasteiger partial charge < -0.3 is 29.4 Å². The minimum atomic E-state index is -0.450. The number of nitrogens with zero attached hydrogens (tertiary/aromatic N) is 1. The van der Waals surface area contributed by atoms with Gasteiger partial charge in [-0.2, -0.15) is 5.26 Å². The number of nitrogens with two attached hydrogens (primary N) is 1. The fourth-order valence-corrected chi connectivity index (χ4v) is 4.16. The molecule has 0 saturated carbocycles. The zero-order valence-corrected chi connectivity index (χ0v) is 17.7. The minimum Gasteiger partial charge on any atom is -0.493 e. The summed E-state index contributed by atoms with van der Waals surface area (Å²) in [7, 11) is 1.57. The number of methoxy groups -OCH3 is 1. The van der Waals surface area contributed by atoms with Crippen molar-refractivity contribution in [3.05, 3.63) is 63.1 Å². The van der Waals surface area contributed by atoms with Crippen molar-refractivity contribution in [1.29, 1.82) is 5.26 Å².